The van der Waals surface area contributed by atoms with Gasteiger partial charge >= 0.3 is 0 Å². The topological polar surface area (TPSA) is 64.2 Å². The number of thioether (sulfide) groups is 1. The molecule has 4 nitrogen and oxygen atoms in total. The molecule has 78 valence electrons. The van der Waals surface area contributed by atoms with E-state index in [1.165, 1.54) is 11.8 Å². The number of nitrogens with zero attached hydrogens (tertiary/aromatic N) is 3. The number of amidine groups is 1. The Morgan fingerprint density at radius 1 is 1.53 bits per heavy atom. The second-order valence-electron chi connectivity index (χ2n) is 2.68. The first-order chi connectivity index (χ1) is 7.22. The molecule has 2 aromatic rings. The lowest BCUT2D eigenvalue weighted by Gasteiger charge is -1.99. The van der Waals surface area contributed by atoms with Gasteiger partial charge in [0.1, 0.15) is 16.7 Å². The summed E-state index contributed by atoms with van der Waals surface area (Å²) < 4.78 is 8.25. The van der Waals surface area contributed by atoms with E-state index in [1.54, 1.807) is 6.07 Å². The number of hydrogen-bond donors (Lipinski definition) is 1. The van der Waals surface area contributed by atoms with E-state index in [2.05, 4.69) is 13.7 Å². The van der Waals surface area contributed by atoms with Gasteiger partial charge in [0.05, 0.1) is 16.8 Å². The van der Waals surface area contributed by atoms with Crippen LogP contribution >= 0.6 is 35.1 Å². The fourth-order valence-electron chi connectivity index (χ4n) is 1.08. The van der Waals surface area contributed by atoms with Gasteiger partial charge in [-0.25, -0.2) is 4.99 Å². The summed E-state index contributed by atoms with van der Waals surface area (Å²) in [6.45, 7) is 0. The third-order valence-electron chi connectivity index (χ3n) is 1.78. The molecule has 0 unspecified atom stereocenters. The van der Waals surface area contributed by atoms with Gasteiger partial charge in [-0.3, -0.25) is 0 Å². The molecule has 0 saturated heterocycles. The third-order valence-corrected chi connectivity index (χ3v) is 3.14. The summed E-state index contributed by atoms with van der Waals surface area (Å²) in [5.41, 5.74) is 7.72. The molecule has 0 aliphatic rings. The summed E-state index contributed by atoms with van der Waals surface area (Å²) in [6.07, 6.45) is 1.85. The number of aromatic nitrogens is 2. The van der Waals surface area contributed by atoms with E-state index >= 15 is 0 Å². The molecule has 0 saturated carbocycles. The summed E-state index contributed by atoms with van der Waals surface area (Å²) >= 11 is 8.52. The number of rotatable bonds is 1. The first-order valence-corrected chi connectivity index (χ1v) is 6.34. The molecule has 0 bridgehead atoms. The zero-order valence-corrected chi connectivity index (χ0v) is 10.2. The number of halogens is 1. The summed E-state index contributed by atoms with van der Waals surface area (Å²) in [6, 6.07) is 3.56. The summed E-state index contributed by atoms with van der Waals surface area (Å²) in [4.78, 5) is 4.21. The van der Waals surface area contributed by atoms with Gasteiger partial charge in [-0.1, -0.05) is 23.4 Å². The highest BCUT2D eigenvalue weighted by atomic mass is 35.5. The average molecular weight is 259 g/mol. The smallest absolute Gasteiger partial charge is 0.159 e. The fourth-order valence-corrected chi connectivity index (χ4v) is 1.99. The summed E-state index contributed by atoms with van der Waals surface area (Å²) in [7, 11) is 0. The molecule has 2 N–H and O–H groups in total. The van der Waals surface area contributed by atoms with Crippen molar-refractivity contribution >= 4 is 57.0 Å². The van der Waals surface area contributed by atoms with Crippen molar-refractivity contribution in [3.63, 3.8) is 0 Å². The molecule has 0 spiro atoms. The van der Waals surface area contributed by atoms with Gasteiger partial charge < -0.3 is 5.73 Å². The first kappa shape index (κ1) is 10.7. The van der Waals surface area contributed by atoms with Gasteiger partial charge in [-0.05, 0) is 18.4 Å². The highest BCUT2D eigenvalue weighted by Gasteiger charge is 2.09. The molecule has 1 aromatic heterocycles. The Bertz CT molecular complexity index is 522. The van der Waals surface area contributed by atoms with Crippen molar-refractivity contribution in [1.82, 2.24) is 8.75 Å². The lowest BCUT2D eigenvalue weighted by molar-refractivity contribution is 1.51. The number of fused-ring (bicyclic) bond motifs is 1. The molecule has 0 amide bonds. The van der Waals surface area contributed by atoms with Crippen LogP contribution in [-0.2, 0) is 0 Å². The van der Waals surface area contributed by atoms with Crippen molar-refractivity contribution in [1.29, 1.82) is 0 Å². The minimum atomic E-state index is 0.456. The van der Waals surface area contributed by atoms with Crippen molar-refractivity contribution in [3.05, 3.63) is 17.2 Å². The SMILES string of the molecule is CSC(N)=Nc1c(Cl)ccc2nsnc12. The standard InChI is InChI=1S/C8H7ClN4S2/c1-14-8(10)11-6-4(9)2-3-5-7(6)13-15-12-5/h2-3H,1H3,(H2,10,11). The Labute approximate surface area is 99.9 Å². The quantitative estimate of drug-likeness (QED) is 0.631. The van der Waals surface area contributed by atoms with Crippen LogP contribution < -0.4 is 5.73 Å². The number of benzene rings is 1. The van der Waals surface area contributed by atoms with Crippen LogP contribution in [0.2, 0.25) is 5.02 Å². The van der Waals surface area contributed by atoms with Crippen LogP contribution in [-0.4, -0.2) is 20.2 Å². The van der Waals surface area contributed by atoms with Crippen LogP contribution in [0.5, 0.6) is 0 Å². The van der Waals surface area contributed by atoms with Crippen LogP contribution in [0.1, 0.15) is 0 Å². The van der Waals surface area contributed by atoms with Crippen LogP contribution in [0.3, 0.4) is 0 Å². The Kier molecular flexibility index (Phi) is 3.08. The Morgan fingerprint density at radius 2 is 2.33 bits per heavy atom. The van der Waals surface area contributed by atoms with E-state index in [1.807, 2.05) is 12.3 Å². The van der Waals surface area contributed by atoms with Crippen LogP contribution in [0.4, 0.5) is 5.69 Å². The molecule has 15 heavy (non-hydrogen) atoms. The van der Waals surface area contributed by atoms with E-state index < -0.39 is 0 Å². The summed E-state index contributed by atoms with van der Waals surface area (Å²) in [5.74, 6) is 0. The van der Waals surface area contributed by atoms with Gasteiger partial charge in [-0.15, -0.1) is 0 Å². The van der Waals surface area contributed by atoms with E-state index in [0.29, 0.717) is 21.4 Å². The molecule has 1 aromatic carbocycles. The maximum Gasteiger partial charge on any atom is 0.159 e. The molecule has 0 aliphatic carbocycles. The number of aliphatic imine (C=N–C) groups is 1. The van der Waals surface area contributed by atoms with Crippen LogP contribution in [0.25, 0.3) is 11.0 Å². The number of nitrogens with two attached hydrogens (primary N) is 1. The van der Waals surface area contributed by atoms with Crippen LogP contribution in [0, 0.1) is 0 Å². The molecule has 0 atom stereocenters. The largest absolute Gasteiger partial charge is 0.378 e. The van der Waals surface area contributed by atoms with Crippen molar-refractivity contribution in [2.75, 3.05) is 6.26 Å². The second kappa shape index (κ2) is 4.34. The number of hydrogen-bond acceptors (Lipinski definition) is 5. The highest BCUT2D eigenvalue weighted by molar-refractivity contribution is 8.13. The molecule has 1 heterocycles. The molecular formula is C8H7ClN4S2. The van der Waals surface area contributed by atoms with E-state index in [9.17, 15) is 0 Å². The Balaban J connectivity index is 2.66. The second-order valence-corrected chi connectivity index (χ2v) is 4.44. The van der Waals surface area contributed by atoms with Gasteiger partial charge in [0.2, 0.25) is 0 Å². The van der Waals surface area contributed by atoms with Crippen molar-refractivity contribution in [2.24, 2.45) is 10.7 Å². The molecule has 0 fully saturated rings. The van der Waals surface area contributed by atoms with E-state index in [-0.39, 0.29) is 0 Å². The minimum absolute atomic E-state index is 0.456. The average Bonchev–Trinajstić information content (AvgIpc) is 2.70. The molecule has 0 aliphatic heterocycles. The van der Waals surface area contributed by atoms with E-state index in [0.717, 1.165) is 17.2 Å². The highest BCUT2D eigenvalue weighted by Crippen LogP contribution is 2.32. The Morgan fingerprint density at radius 3 is 3.07 bits per heavy atom. The maximum atomic E-state index is 6.03. The third kappa shape index (κ3) is 2.06. The molecule has 7 heteroatoms. The summed E-state index contributed by atoms with van der Waals surface area (Å²) in [5, 5.41) is 0.990. The monoisotopic (exact) mass is 258 g/mol. The fraction of sp³-hybridized carbons (Fsp3) is 0.125. The maximum absolute atomic E-state index is 6.03. The van der Waals surface area contributed by atoms with Gasteiger partial charge in [0.15, 0.2) is 5.17 Å². The first-order valence-electron chi connectivity index (χ1n) is 4.01. The predicted molar refractivity (Wildman–Crippen MR) is 67.2 cm³/mol. The van der Waals surface area contributed by atoms with Gasteiger partial charge in [0.25, 0.3) is 0 Å². The molecule has 0 radical (unpaired) electrons. The van der Waals surface area contributed by atoms with Crippen LogP contribution in [0.15, 0.2) is 17.1 Å². The molecule has 2 rings (SSSR count). The predicted octanol–water partition coefficient (Wildman–Crippen LogP) is 2.65. The van der Waals surface area contributed by atoms with Gasteiger partial charge in [-0.2, -0.15) is 8.75 Å². The molecular weight excluding hydrogens is 252 g/mol. The van der Waals surface area contributed by atoms with Crippen molar-refractivity contribution < 1.29 is 0 Å². The lowest BCUT2D eigenvalue weighted by Crippen LogP contribution is -2.04. The van der Waals surface area contributed by atoms with Crippen molar-refractivity contribution in [3.8, 4) is 0 Å². The van der Waals surface area contributed by atoms with Gasteiger partial charge in [0, 0.05) is 0 Å². The minimum Gasteiger partial charge on any atom is -0.378 e. The van der Waals surface area contributed by atoms with Crippen molar-refractivity contribution in [2.45, 2.75) is 0 Å². The zero-order chi connectivity index (χ0) is 10.8. The van der Waals surface area contributed by atoms with E-state index in [4.69, 9.17) is 17.3 Å². The normalized spacial score (nSPS) is 12.3. The Hall–Kier alpha value is -0.850. The zero-order valence-electron chi connectivity index (χ0n) is 7.77. The lowest BCUT2D eigenvalue weighted by atomic mass is 10.3.